The van der Waals surface area contributed by atoms with Crippen LogP contribution in [0.1, 0.15) is 32.1 Å². The van der Waals surface area contributed by atoms with Gasteiger partial charge < -0.3 is 19.9 Å². The molecular weight excluding hydrogens is 501 g/mol. The highest BCUT2D eigenvalue weighted by Gasteiger charge is 2.46. The predicted octanol–water partition coefficient (Wildman–Crippen LogP) is 5.04. The van der Waals surface area contributed by atoms with Crippen LogP contribution in [0, 0.1) is 11.8 Å². The largest absolute Gasteiger partial charge is 0.484 e. The summed E-state index contributed by atoms with van der Waals surface area (Å²) in [5, 5.41) is 0. The number of benzene rings is 2. The standard InChI is InChI=1S/C24H27F3N2O6S/c25-24(26,27)15-33-17-5-7-18(8-6-17)34-19-9-11-20(12-10-19)36(31,32)29-14-13-16-3-1-2-4-21(16)22(29)35-23(28)30/h5-12,16,21-22H,1-4,13-15H2,(H2,28,30). The van der Waals surface area contributed by atoms with E-state index in [-0.39, 0.29) is 29.0 Å². The van der Waals surface area contributed by atoms with Crippen LogP contribution in [-0.2, 0) is 14.8 Å². The lowest BCUT2D eigenvalue weighted by atomic mass is 9.74. The van der Waals surface area contributed by atoms with Crippen LogP contribution < -0.4 is 15.2 Å². The van der Waals surface area contributed by atoms with Gasteiger partial charge in [-0.2, -0.15) is 17.5 Å². The van der Waals surface area contributed by atoms with Crippen molar-refractivity contribution in [3.8, 4) is 17.2 Å². The van der Waals surface area contributed by atoms with E-state index in [4.69, 9.17) is 15.2 Å². The molecule has 2 N–H and O–H groups in total. The molecular formula is C24H27F3N2O6S. The first-order chi connectivity index (χ1) is 17.0. The van der Waals surface area contributed by atoms with Gasteiger partial charge in [0.1, 0.15) is 17.2 Å². The minimum atomic E-state index is -4.43. The number of hydrogen-bond donors (Lipinski definition) is 1. The van der Waals surface area contributed by atoms with Crippen LogP contribution in [-0.4, -0.2) is 44.4 Å². The van der Waals surface area contributed by atoms with Crippen molar-refractivity contribution in [2.75, 3.05) is 13.2 Å². The zero-order valence-corrected chi connectivity index (χ0v) is 20.1. The molecule has 12 heteroatoms. The Morgan fingerprint density at radius 3 is 2.14 bits per heavy atom. The Morgan fingerprint density at radius 1 is 0.944 bits per heavy atom. The summed E-state index contributed by atoms with van der Waals surface area (Å²) in [5.41, 5.74) is 5.27. The van der Waals surface area contributed by atoms with Crippen LogP contribution in [0.25, 0.3) is 0 Å². The Balaban J connectivity index is 1.45. The number of alkyl halides is 3. The van der Waals surface area contributed by atoms with Crippen LogP contribution in [0.5, 0.6) is 17.2 Å². The molecule has 196 valence electrons. The summed E-state index contributed by atoms with van der Waals surface area (Å²) in [6.45, 7) is -1.17. The Bertz CT molecular complexity index is 1160. The van der Waals surface area contributed by atoms with E-state index in [0.29, 0.717) is 17.9 Å². The third kappa shape index (κ3) is 6.22. The maximum Gasteiger partial charge on any atom is 0.422 e. The summed E-state index contributed by atoms with van der Waals surface area (Å²) >= 11 is 0. The number of carbonyl (C=O) groups is 1. The van der Waals surface area contributed by atoms with Gasteiger partial charge in [0.15, 0.2) is 12.8 Å². The summed E-state index contributed by atoms with van der Waals surface area (Å²) in [4.78, 5) is 11.6. The van der Waals surface area contributed by atoms with E-state index in [1.807, 2.05) is 0 Å². The number of sulfonamides is 1. The number of nitrogens with zero attached hydrogens (tertiary/aromatic N) is 1. The van der Waals surface area contributed by atoms with Crippen LogP contribution in [0.2, 0.25) is 0 Å². The molecule has 3 unspecified atom stereocenters. The van der Waals surface area contributed by atoms with Gasteiger partial charge in [-0.1, -0.05) is 12.8 Å². The number of nitrogens with two attached hydrogens (primary N) is 1. The molecule has 2 aromatic carbocycles. The van der Waals surface area contributed by atoms with Gasteiger partial charge >= 0.3 is 12.3 Å². The van der Waals surface area contributed by atoms with E-state index >= 15 is 0 Å². The fourth-order valence-corrected chi connectivity index (χ4v) is 6.42. The van der Waals surface area contributed by atoms with Crippen molar-refractivity contribution in [3.05, 3.63) is 48.5 Å². The second-order valence-corrected chi connectivity index (χ2v) is 10.8. The van der Waals surface area contributed by atoms with E-state index in [1.54, 1.807) is 0 Å². The number of primary amides is 1. The Labute approximate surface area is 207 Å². The first kappa shape index (κ1) is 26.1. The molecule has 4 rings (SSSR count). The maximum absolute atomic E-state index is 13.5. The first-order valence-electron chi connectivity index (χ1n) is 11.6. The van der Waals surface area contributed by atoms with Crippen molar-refractivity contribution >= 4 is 16.1 Å². The quantitative estimate of drug-likeness (QED) is 0.539. The highest BCUT2D eigenvalue weighted by atomic mass is 32.2. The smallest absolute Gasteiger partial charge is 0.422 e. The Morgan fingerprint density at radius 2 is 1.53 bits per heavy atom. The number of halogens is 3. The SMILES string of the molecule is NC(=O)OC1C2CCCCC2CCN1S(=O)(=O)c1ccc(Oc2ccc(OCC(F)(F)F)cc2)cc1. The maximum atomic E-state index is 13.5. The molecule has 1 aliphatic carbocycles. The van der Waals surface area contributed by atoms with Crippen LogP contribution >= 0.6 is 0 Å². The molecule has 1 amide bonds. The second-order valence-electron chi connectivity index (χ2n) is 8.89. The number of ether oxygens (including phenoxy) is 3. The van der Waals surface area contributed by atoms with Gasteiger partial charge in [-0.15, -0.1) is 0 Å². The van der Waals surface area contributed by atoms with Crippen LogP contribution in [0.15, 0.2) is 53.4 Å². The van der Waals surface area contributed by atoms with Gasteiger partial charge in [0.05, 0.1) is 4.90 Å². The summed E-state index contributed by atoms with van der Waals surface area (Å²) in [7, 11) is -3.98. The molecule has 2 aromatic rings. The Hall–Kier alpha value is -2.99. The van der Waals surface area contributed by atoms with Crippen LogP contribution in [0.4, 0.5) is 18.0 Å². The molecule has 0 bridgehead atoms. The van der Waals surface area contributed by atoms with Crippen molar-refractivity contribution in [3.63, 3.8) is 0 Å². The number of amides is 1. The molecule has 3 atom stereocenters. The predicted molar refractivity (Wildman–Crippen MR) is 123 cm³/mol. The van der Waals surface area contributed by atoms with Gasteiger partial charge in [0, 0.05) is 12.5 Å². The lowest BCUT2D eigenvalue weighted by Gasteiger charge is -2.45. The van der Waals surface area contributed by atoms with Gasteiger partial charge in [-0.05, 0) is 73.7 Å². The molecule has 0 aromatic heterocycles. The molecule has 0 spiro atoms. The van der Waals surface area contributed by atoms with E-state index in [9.17, 15) is 26.4 Å². The van der Waals surface area contributed by atoms with E-state index in [1.165, 1.54) is 52.8 Å². The lowest BCUT2D eigenvalue weighted by molar-refractivity contribution is -0.153. The fraction of sp³-hybridized carbons (Fsp3) is 0.458. The average Bonchev–Trinajstić information content (AvgIpc) is 2.83. The third-order valence-electron chi connectivity index (χ3n) is 6.47. The van der Waals surface area contributed by atoms with Crippen LogP contribution in [0.3, 0.4) is 0 Å². The van der Waals surface area contributed by atoms with E-state index in [2.05, 4.69) is 4.74 Å². The zero-order valence-electron chi connectivity index (χ0n) is 19.3. The second kappa shape index (κ2) is 10.6. The fourth-order valence-electron chi connectivity index (χ4n) is 4.85. The first-order valence-corrected chi connectivity index (χ1v) is 13.0. The molecule has 2 aliphatic rings. The zero-order chi connectivity index (χ0) is 25.9. The molecule has 36 heavy (non-hydrogen) atoms. The summed E-state index contributed by atoms with van der Waals surface area (Å²) in [6.07, 6.45) is -1.95. The monoisotopic (exact) mass is 528 g/mol. The van der Waals surface area contributed by atoms with Gasteiger partial charge in [0.2, 0.25) is 10.0 Å². The third-order valence-corrected chi connectivity index (χ3v) is 8.34. The molecule has 1 aliphatic heterocycles. The summed E-state index contributed by atoms with van der Waals surface area (Å²) in [5.74, 6) is 0.889. The highest BCUT2D eigenvalue weighted by Crippen LogP contribution is 2.42. The van der Waals surface area contributed by atoms with Crippen molar-refractivity contribution in [1.82, 2.24) is 4.31 Å². The van der Waals surface area contributed by atoms with Gasteiger partial charge in [-0.25, -0.2) is 13.2 Å². The molecule has 2 fully saturated rings. The lowest BCUT2D eigenvalue weighted by Crippen LogP contribution is -2.54. The number of carbonyl (C=O) groups excluding carboxylic acids is 1. The number of piperidine rings is 1. The van der Waals surface area contributed by atoms with Crippen molar-refractivity contribution in [1.29, 1.82) is 0 Å². The number of rotatable bonds is 7. The van der Waals surface area contributed by atoms with Crippen molar-refractivity contribution in [2.24, 2.45) is 17.6 Å². The molecule has 1 saturated carbocycles. The van der Waals surface area contributed by atoms with Crippen molar-refractivity contribution in [2.45, 2.75) is 49.4 Å². The minimum absolute atomic E-state index is 0.0121. The van der Waals surface area contributed by atoms with Gasteiger partial charge in [0.25, 0.3) is 0 Å². The molecule has 1 heterocycles. The normalized spacial score (nSPS) is 22.9. The van der Waals surface area contributed by atoms with Crippen molar-refractivity contribution < 1.29 is 40.6 Å². The molecule has 0 radical (unpaired) electrons. The topological polar surface area (TPSA) is 108 Å². The highest BCUT2D eigenvalue weighted by molar-refractivity contribution is 7.89. The number of fused-ring (bicyclic) bond motifs is 1. The van der Waals surface area contributed by atoms with E-state index in [0.717, 1.165) is 25.7 Å². The summed E-state index contributed by atoms with van der Waals surface area (Å²) < 4.78 is 80.6. The number of hydrogen-bond acceptors (Lipinski definition) is 6. The molecule has 8 nitrogen and oxygen atoms in total. The molecule has 1 saturated heterocycles. The van der Waals surface area contributed by atoms with E-state index < -0.39 is 35.1 Å². The minimum Gasteiger partial charge on any atom is -0.484 e. The Kier molecular flexibility index (Phi) is 7.65. The summed E-state index contributed by atoms with van der Waals surface area (Å²) in [6, 6.07) is 11.3. The average molecular weight is 529 g/mol. The van der Waals surface area contributed by atoms with Gasteiger partial charge in [-0.3, -0.25) is 0 Å².